The van der Waals surface area contributed by atoms with Crippen LogP contribution in [0.4, 0.5) is 4.79 Å². The number of Topliss-reactive ketones (excluding diaryl/α,β-unsaturated/α-hetero) is 1. The van der Waals surface area contributed by atoms with Gasteiger partial charge >= 0.3 is 30.0 Å². The molecule has 2 fully saturated rings. The molecule has 0 saturated carbocycles. The number of alkyl carbamates (subject to hydrolysis) is 1. The standard InChI is InChI=1S/C49H53NO21/c1-20-39(56)30(50-48(61)65-18-26-11-13-27(14-12-26)44-46(68-24(5)54)47(69-25(6)55)45(67-23(4)53)33(71-44)19-64-22(3)52)15-34(66-20)70-32-17-49(62,21(2)51)16-29-36(32)43(60)38-37(41(29)58)40(57)28-9-8-10-31(63-7)35(28)42(38)59/h8-14,20,30,32-34,39,44-47,56,58,60,62H,15-19H2,1-7H3,(H,50,61)/t20?,30?,32-,33+,34?,39?,44-,45-,46-,47-,49-/m0/s1. The topological polar surface area (TPSA) is 313 Å². The molecule has 0 bridgehead atoms. The van der Waals surface area contributed by atoms with Crippen molar-refractivity contribution in [1.82, 2.24) is 5.32 Å². The lowest BCUT2D eigenvalue weighted by molar-refractivity contribution is -0.254. The van der Waals surface area contributed by atoms with Crippen LogP contribution in [0.3, 0.4) is 0 Å². The fraction of sp³-hybridized carbons (Fsp3) is 0.469. The van der Waals surface area contributed by atoms with Gasteiger partial charge in [-0.2, -0.15) is 0 Å². The first-order chi connectivity index (χ1) is 33.5. The molecule has 2 heterocycles. The van der Waals surface area contributed by atoms with Crippen LogP contribution in [0.2, 0.25) is 0 Å². The van der Waals surface area contributed by atoms with Gasteiger partial charge in [0.15, 0.2) is 36.2 Å². The summed E-state index contributed by atoms with van der Waals surface area (Å²) >= 11 is 0. The number of hydrogen-bond acceptors (Lipinski definition) is 21. The van der Waals surface area contributed by atoms with Crippen LogP contribution in [0, 0.1) is 0 Å². The van der Waals surface area contributed by atoms with E-state index in [1.165, 1.54) is 32.2 Å². The molecule has 7 rings (SSSR count). The van der Waals surface area contributed by atoms with E-state index >= 15 is 0 Å². The second kappa shape index (κ2) is 20.8. The van der Waals surface area contributed by atoms with E-state index in [1.807, 2.05) is 0 Å². The summed E-state index contributed by atoms with van der Waals surface area (Å²) in [5.41, 5.74) is -3.05. The molecule has 11 atom stereocenters. The molecule has 4 aliphatic rings. The number of hydrogen-bond donors (Lipinski definition) is 5. The summed E-state index contributed by atoms with van der Waals surface area (Å²) in [6.07, 6.45) is -13.8. The Balaban J connectivity index is 1.07. The quantitative estimate of drug-likeness (QED) is 0.0730. The number of fused-ring (bicyclic) bond motifs is 3. The van der Waals surface area contributed by atoms with E-state index in [2.05, 4.69) is 5.32 Å². The predicted molar refractivity (Wildman–Crippen MR) is 237 cm³/mol. The molecule has 380 valence electrons. The minimum atomic E-state index is -2.18. The highest BCUT2D eigenvalue weighted by molar-refractivity contribution is 6.31. The number of rotatable bonds is 13. The van der Waals surface area contributed by atoms with E-state index in [4.69, 9.17) is 42.6 Å². The number of amides is 1. The van der Waals surface area contributed by atoms with Crippen LogP contribution in [0.25, 0.3) is 0 Å². The van der Waals surface area contributed by atoms with Gasteiger partial charge in [0.2, 0.25) is 5.78 Å². The summed E-state index contributed by atoms with van der Waals surface area (Å²) in [5.74, 6) is -6.82. The number of aromatic hydroxyl groups is 2. The van der Waals surface area contributed by atoms with E-state index in [1.54, 1.807) is 24.3 Å². The fourth-order valence-corrected chi connectivity index (χ4v) is 9.41. The van der Waals surface area contributed by atoms with Gasteiger partial charge in [0.25, 0.3) is 0 Å². The molecule has 0 spiro atoms. The van der Waals surface area contributed by atoms with Crippen LogP contribution in [0.5, 0.6) is 17.2 Å². The van der Waals surface area contributed by atoms with Gasteiger partial charge in [-0.3, -0.25) is 33.6 Å². The van der Waals surface area contributed by atoms with Crippen LogP contribution >= 0.6 is 0 Å². The lowest BCUT2D eigenvalue weighted by Gasteiger charge is -2.44. The Labute approximate surface area is 405 Å². The molecule has 5 N–H and O–H groups in total. The molecule has 71 heavy (non-hydrogen) atoms. The van der Waals surface area contributed by atoms with Crippen LogP contribution in [0.1, 0.15) is 121 Å². The highest BCUT2D eigenvalue weighted by Gasteiger charge is 2.53. The Morgan fingerprint density at radius 2 is 1.41 bits per heavy atom. The van der Waals surface area contributed by atoms with Gasteiger partial charge in [0.05, 0.1) is 42.0 Å². The molecule has 0 aromatic heterocycles. The monoisotopic (exact) mass is 991 g/mol. The lowest BCUT2D eigenvalue weighted by atomic mass is 9.72. The van der Waals surface area contributed by atoms with Crippen molar-refractivity contribution >= 4 is 47.3 Å². The van der Waals surface area contributed by atoms with Crippen molar-refractivity contribution in [1.29, 1.82) is 0 Å². The number of carbonyl (C=O) groups excluding carboxylic acids is 8. The minimum absolute atomic E-state index is 0.0448. The second-order valence-electron chi connectivity index (χ2n) is 17.7. The average Bonchev–Trinajstić information content (AvgIpc) is 3.30. The number of esters is 4. The third kappa shape index (κ3) is 10.6. The third-order valence-corrected chi connectivity index (χ3v) is 12.7. The molecule has 3 aromatic carbocycles. The first-order valence-electron chi connectivity index (χ1n) is 22.4. The van der Waals surface area contributed by atoms with Gasteiger partial charge in [-0.25, -0.2) is 4.79 Å². The third-order valence-electron chi connectivity index (χ3n) is 12.7. The zero-order chi connectivity index (χ0) is 51.8. The number of carbonyl (C=O) groups is 8. The van der Waals surface area contributed by atoms with Crippen molar-refractivity contribution in [2.75, 3.05) is 13.7 Å². The number of phenols is 2. The van der Waals surface area contributed by atoms with E-state index in [-0.39, 0.29) is 41.0 Å². The van der Waals surface area contributed by atoms with Crippen LogP contribution < -0.4 is 10.1 Å². The van der Waals surface area contributed by atoms with Gasteiger partial charge in [-0.1, -0.05) is 36.4 Å². The fourth-order valence-electron chi connectivity index (χ4n) is 9.41. The van der Waals surface area contributed by atoms with Crippen molar-refractivity contribution in [3.63, 3.8) is 0 Å². The van der Waals surface area contributed by atoms with Crippen molar-refractivity contribution < 1.29 is 101 Å². The van der Waals surface area contributed by atoms with E-state index in [0.717, 1.165) is 34.6 Å². The summed E-state index contributed by atoms with van der Waals surface area (Å²) in [7, 11) is 1.30. The van der Waals surface area contributed by atoms with E-state index < -0.39 is 156 Å². The Morgan fingerprint density at radius 1 is 0.775 bits per heavy atom. The van der Waals surface area contributed by atoms with Gasteiger partial charge in [-0.05, 0) is 31.0 Å². The minimum Gasteiger partial charge on any atom is -0.507 e. The van der Waals surface area contributed by atoms with Crippen LogP contribution in [0.15, 0.2) is 42.5 Å². The number of phenolic OH excluding ortho intramolecular Hbond substituents is 2. The molecule has 0 radical (unpaired) electrons. The van der Waals surface area contributed by atoms with Crippen molar-refractivity contribution in [2.24, 2.45) is 0 Å². The molecule has 2 aliphatic carbocycles. The van der Waals surface area contributed by atoms with E-state index in [0.29, 0.717) is 11.1 Å². The Kier molecular flexibility index (Phi) is 15.2. The van der Waals surface area contributed by atoms with Crippen LogP contribution in [-0.4, -0.2) is 136 Å². The first-order valence-corrected chi connectivity index (χ1v) is 22.4. The molecule has 2 aliphatic heterocycles. The molecular formula is C49H53NO21. The number of aliphatic hydroxyl groups is 2. The summed E-state index contributed by atoms with van der Waals surface area (Å²) in [6, 6.07) is 9.42. The van der Waals surface area contributed by atoms with Gasteiger partial charge in [-0.15, -0.1) is 0 Å². The molecule has 4 unspecified atom stereocenters. The number of benzene rings is 3. The van der Waals surface area contributed by atoms with Gasteiger partial charge in [0.1, 0.15) is 54.4 Å². The molecule has 22 nitrogen and oxygen atoms in total. The van der Waals surface area contributed by atoms with Gasteiger partial charge in [0, 0.05) is 63.6 Å². The van der Waals surface area contributed by atoms with Crippen molar-refractivity contribution in [2.45, 2.75) is 134 Å². The summed E-state index contributed by atoms with van der Waals surface area (Å²) in [6.45, 7) is 6.36. The number of ether oxygens (including phenoxy) is 9. The zero-order valence-electron chi connectivity index (χ0n) is 39.6. The highest BCUT2D eigenvalue weighted by atomic mass is 16.7. The summed E-state index contributed by atoms with van der Waals surface area (Å²) < 4.78 is 50.9. The smallest absolute Gasteiger partial charge is 0.407 e. The number of nitrogens with one attached hydrogen (secondary N) is 1. The SMILES string of the molecule is COc1cccc2c1C(=O)c1c(O)c3c(c(O)c1C2=O)C[C@@](O)(C(C)=O)C[C@@H]3OC1CC(NC(=O)OCc2ccc([C@@H]3O[C@H](COC(C)=O)[C@H](OC(C)=O)[C@H](OC(C)=O)[C@H]3OC(C)=O)cc2)C(O)C(C)O1. The molecule has 22 heteroatoms. The van der Waals surface area contributed by atoms with Crippen molar-refractivity contribution in [3.8, 4) is 17.2 Å². The maximum atomic E-state index is 14.0. The summed E-state index contributed by atoms with van der Waals surface area (Å²) in [5, 5.41) is 48.9. The molecule has 3 aromatic rings. The molecule has 1 amide bonds. The highest BCUT2D eigenvalue weighted by Crippen LogP contribution is 2.52. The average molecular weight is 992 g/mol. The summed E-state index contributed by atoms with van der Waals surface area (Å²) in [4.78, 5) is 103. The van der Waals surface area contributed by atoms with Crippen LogP contribution in [-0.2, 0) is 74.9 Å². The maximum Gasteiger partial charge on any atom is 0.407 e. The number of methoxy groups -OCH3 is 1. The lowest BCUT2D eigenvalue weighted by Crippen LogP contribution is -2.59. The zero-order valence-corrected chi connectivity index (χ0v) is 39.6. The largest absolute Gasteiger partial charge is 0.507 e. The second-order valence-corrected chi connectivity index (χ2v) is 17.7. The first kappa shape index (κ1) is 51.9. The van der Waals surface area contributed by atoms with Crippen molar-refractivity contribution in [3.05, 3.63) is 87.0 Å². The van der Waals surface area contributed by atoms with E-state index in [9.17, 15) is 58.8 Å². The Bertz CT molecular complexity index is 2650. The molecular weight excluding hydrogens is 939 g/mol. The predicted octanol–water partition coefficient (Wildman–Crippen LogP) is 2.79. The normalized spacial score (nSPS) is 27.7. The Morgan fingerprint density at radius 3 is 2.03 bits per heavy atom. The molecule has 2 saturated heterocycles. The maximum absolute atomic E-state index is 14.0. The van der Waals surface area contributed by atoms with Gasteiger partial charge < -0.3 is 68.4 Å². The number of aliphatic hydroxyl groups excluding tert-OH is 1. The number of ketones is 3. The Hall–Kier alpha value is -6.98.